The van der Waals surface area contributed by atoms with Crippen molar-refractivity contribution >= 4 is 35.0 Å². The average Bonchev–Trinajstić information content (AvgIpc) is 3.04. The van der Waals surface area contributed by atoms with Gasteiger partial charge in [0.1, 0.15) is 11.3 Å². The van der Waals surface area contributed by atoms with Crippen molar-refractivity contribution in [2.45, 2.75) is 38.1 Å². The molecule has 0 aromatic heterocycles. The molecule has 0 bridgehead atoms. The molecule has 1 atom stereocenters. The predicted octanol–water partition coefficient (Wildman–Crippen LogP) is 4.04. The maximum atomic E-state index is 12.6. The van der Waals surface area contributed by atoms with Crippen molar-refractivity contribution in [2.75, 3.05) is 13.2 Å². The van der Waals surface area contributed by atoms with Gasteiger partial charge in [0.2, 0.25) is 5.91 Å². The Kier molecular flexibility index (Phi) is 6.60. The Morgan fingerprint density at radius 3 is 2.79 bits per heavy atom. The molecule has 2 aliphatic rings. The van der Waals surface area contributed by atoms with E-state index in [1.165, 1.54) is 18.2 Å². The molecule has 9 nitrogen and oxygen atoms in total. The number of nitro benzene ring substituents is 1. The van der Waals surface area contributed by atoms with Crippen molar-refractivity contribution in [1.82, 2.24) is 10.2 Å². The summed E-state index contributed by atoms with van der Waals surface area (Å²) >= 11 is 6.07. The molecular formula is C23H22ClN3O6. The van der Waals surface area contributed by atoms with Gasteiger partial charge in [-0.15, -0.1) is 0 Å². The van der Waals surface area contributed by atoms with E-state index in [4.69, 9.17) is 16.3 Å². The van der Waals surface area contributed by atoms with Gasteiger partial charge in [0.05, 0.1) is 23.1 Å². The van der Waals surface area contributed by atoms with Crippen LogP contribution in [0.1, 0.15) is 64.4 Å². The molecule has 4 rings (SSSR count). The van der Waals surface area contributed by atoms with Crippen LogP contribution in [-0.2, 0) is 4.79 Å². The van der Waals surface area contributed by atoms with Gasteiger partial charge in [-0.25, -0.2) is 0 Å². The molecule has 1 unspecified atom stereocenters. The molecule has 1 N–H and O–H groups in total. The number of carbonyl (C=O) groups excluding carboxylic acids is 3. The van der Waals surface area contributed by atoms with Gasteiger partial charge in [-0.3, -0.25) is 29.4 Å². The summed E-state index contributed by atoms with van der Waals surface area (Å²) in [6.45, 7) is 0.662. The monoisotopic (exact) mass is 471 g/mol. The normalized spacial score (nSPS) is 16.8. The maximum Gasteiger partial charge on any atom is 0.282 e. The molecule has 2 heterocycles. The minimum absolute atomic E-state index is 0.0606. The van der Waals surface area contributed by atoms with Crippen LogP contribution in [0.3, 0.4) is 0 Å². The fraction of sp³-hybridized carbons (Fsp3) is 0.348. The minimum Gasteiger partial charge on any atom is -0.493 e. The van der Waals surface area contributed by atoms with Gasteiger partial charge in [0, 0.05) is 36.0 Å². The average molecular weight is 472 g/mol. The fourth-order valence-electron chi connectivity index (χ4n) is 4.18. The van der Waals surface area contributed by atoms with Crippen molar-refractivity contribution in [1.29, 1.82) is 0 Å². The molecule has 0 spiro atoms. The van der Waals surface area contributed by atoms with Gasteiger partial charge in [0.15, 0.2) is 0 Å². The lowest BCUT2D eigenvalue weighted by molar-refractivity contribution is -0.385. The first kappa shape index (κ1) is 22.7. The largest absolute Gasteiger partial charge is 0.493 e. The molecule has 0 radical (unpaired) electrons. The highest BCUT2D eigenvalue weighted by atomic mass is 35.5. The third-order valence-corrected chi connectivity index (χ3v) is 6.04. The summed E-state index contributed by atoms with van der Waals surface area (Å²) in [5.74, 6) is -0.536. The fourth-order valence-corrected chi connectivity index (χ4v) is 4.37. The Bertz CT molecular complexity index is 1140. The molecule has 2 aliphatic heterocycles. The number of imide groups is 1. The molecule has 2 aromatic carbocycles. The summed E-state index contributed by atoms with van der Waals surface area (Å²) in [6.07, 6.45) is 2.67. The Balaban J connectivity index is 1.25. The van der Waals surface area contributed by atoms with Crippen LogP contribution in [0.2, 0.25) is 5.02 Å². The van der Waals surface area contributed by atoms with Crippen molar-refractivity contribution in [3.63, 3.8) is 0 Å². The van der Waals surface area contributed by atoms with Gasteiger partial charge in [-0.1, -0.05) is 24.1 Å². The standard InChI is InChI=1S/C23H22ClN3O6/c24-14-8-9-19-16(13-14)17(10-12-33-19)25-20(28)7-2-1-3-11-26-22(29)15-5-4-6-18(27(31)32)21(15)23(26)30/h4-6,8-9,13,17H,1-3,7,10-12H2,(H,25,28). The molecule has 0 saturated carbocycles. The highest BCUT2D eigenvalue weighted by Gasteiger charge is 2.40. The van der Waals surface area contributed by atoms with Gasteiger partial charge in [-0.05, 0) is 37.1 Å². The number of nitrogens with one attached hydrogen (secondary N) is 1. The first-order valence-electron chi connectivity index (χ1n) is 10.7. The number of unbranched alkanes of at least 4 members (excludes halogenated alkanes) is 2. The van der Waals surface area contributed by atoms with E-state index in [0.717, 1.165) is 16.2 Å². The topological polar surface area (TPSA) is 119 Å². The van der Waals surface area contributed by atoms with Gasteiger partial charge in [-0.2, -0.15) is 0 Å². The maximum absolute atomic E-state index is 12.6. The number of nitro groups is 1. The highest BCUT2D eigenvalue weighted by Crippen LogP contribution is 2.34. The Morgan fingerprint density at radius 2 is 2.00 bits per heavy atom. The Hall–Kier alpha value is -3.46. The first-order valence-corrected chi connectivity index (χ1v) is 11.1. The summed E-state index contributed by atoms with van der Waals surface area (Å²) in [5, 5.41) is 14.8. The number of rotatable bonds is 8. The van der Waals surface area contributed by atoms with Crippen molar-refractivity contribution in [3.8, 4) is 5.75 Å². The third kappa shape index (κ3) is 4.68. The lowest BCUT2D eigenvalue weighted by Crippen LogP contribution is -2.32. The van der Waals surface area contributed by atoms with Crippen LogP contribution in [0.15, 0.2) is 36.4 Å². The number of hydrogen-bond acceptors (Lipinski definition) is 6. The number of benzene rings is 2. The zero-order valence-electron chi connectivity index (χ0n) is 17.7. The van der Waals surface area contributed by atoms with E-state index in [1.54, 1.807) is 18.2 Å². The quantitative estimate of drug-likeness (QED) is 0.268. The van der Waals surface area contributed by atoms with Crippen LogP contribution in [0.4, 0.5) is 5.69 Å². The van der Waals surface area contributed by atoms with E-state index in [2.05, 4.69) is 5.32 Å². The zero-order valence-corrected chi connectivity index (χ0v) is 18.5. The van der Waals surface area contributed by atoms with Crippen LogP contribution in [0.5, 0.6) is 5.75 Å². The van der Waals surface area contributed by atoms with E-state index < -0.39 is 16.7 Å². The number of fused-ring (bicyclic) bond motifs is 2. The molecule has 0 fully saturated rings. The van der Waals surface area contributed by atoms with Crippen molar-refractivity contribution in [3.05, 3.63) is 68.2 Å². The number of carbonyl (C=O) groups is 3. The van der Waals surface area contributed by atoms with E-state index in [9.17, 15) is 24.5 Å². The number of amides is 3. The predicted molar refractivity (Wildman–Crippen MR) is 119 cm³/mol. The lowest BCUT2D eigenvalue weighted by atomic mass is 10.00. The van der Waals surface area contributed by atoms with Crippen molar-refractivity contribution in [2.24, 2.45) is 0 Å². The number of ether oxygens (including phenoxy) is 1. The molecule has 3 amide bonds. The molecule has 10 heteroatoms. The molecule has 0 saturated heterocycles. The molecule has 33 heavy (non-hydrogen) atoms. The number of halogens is 1. The Labute approximate surface area is 194 Å². The second-order valence-electron chi connectivity index (χ2n) is 7.97. The summed E-state index contributed by atoms with van der Waals surface area (Å²) in [7, 11) is 0. The van der Waals surface area contributed by atoms with E-state index >= 15 is 0 Å². The van der Waals surface area contributed by atoms with Gasteiger partial charge in [0.25, 0.3) is 17.5 Å². The number of nitrogens with zero attached hydrogens (tertiary/aromatic N) is 2. The summed E-state index contributed by atoms with van der Waals surface area (Å²) in [4.78, 5) is 49.0. The van der Waals surface area contributed by atoms with Gasteiger partial charge >= 0.3 is 0 Å². The lowest BCUT2D eigenvalue weighted by Gasteiger charge is -2.27. The third-order valence-electron chi connectivity index (χ3n) is 5.81. The Morgan fingerprint density at radius 1 is 1.18 bits per heavy atom. The minimum atomic E-state index is -0.656. The van der Waals surface area contributed by atoms with Crippen LogP contribution in [-0.4, -0.2) is 40.7 Å². The second kappa shape index (κ2) is 9.58. The number of hydrogen-bond donors (Lipinski definition) is 1. The van der Waals surface area contributed by atoms with Crippen LogP contribution < -0.4 is 10.1 Å². The second-order valence-corrected chi connectivity index (χ2v) is 8.41. The highest BCUT2D eigenvalue weighted by molar-refractivity contribution is 6.30. The van der Waals surface area contributed by atoms with E-state index in [-0.39, 0.29) is 35.3 Å². The summed E-state index contributed by atoms with van der Waals surface area (Å²) < 4.78 is 5.61. The van der Waals surface area contributed by atoms with Crippen LogP contribution in [0.25, 0.3) is 0 Å². The smallest absolute Gasteiger partial charge is 0.282 e. The molecule has 0 aliphatic carbocycles. The van der Waals surface area contributed by atoms with Crippen LogP contribution in [0, 0.1) is 10.1 Å². The zero-order chi connectivity index (χ0) is 23.5. The summed E-state index contributed by atoms with van der Waals surface area (Å²) in [6, 6.07) is 9.23. The molecule has 2 aromatic rings. The van der Waals surface area contributed by atoms with Crippen molar-refractivity contribution < 1.29 is 24.0 Å². The first-order chi connectivity index (χ1) is 15.9. The molecular weight excluding hydrogens is 450 g/mol. The summed E-state index contributed by atoms with van der Waals surface area (Å²) in [5.41, 5.74) is 0.414. The SMILES string of the molecule is O=C(CCCCCN1C(=O)c2cccc([N+](=O)[O-])c2C1=O)NC1CCOc2ccc(Cl)cc21. The van der Waals surface area contributed by atoms with E-state index in [0.29, 0.717) is 43.7 Å². The van der Waals surface area contributed by atoms with Crippen LogP contribution >= 0.6 is 11.6 Å². The van der Waals surface area contributed by atoms with Gasteiger partial charge < -0.3 is 10.1 Å². The van der Waals surface area contributed by atoms with E-state index in [1.807, 2.05) is 0 Å². The molecule has 172 valence electrons.